The highest BCUT2D eigenvalue weighted by molar-refractivity contribution is 7.07. The molecule has 1 aliphatic carbocycles. The molecule has 0 unspecified atom stereocenters. The first kappa shape index (κ1) is 13.6. The molecule has 0 bridgehead atoms. The Morgan fingerprint density at radius 3 is 2.80 bits per heavy atom. The number of H-pyrrole nitrogens is 1. The SMILES string of the molecule is O=c1[nH]c(Cl)c(C2CCCC2)c(=O)n1Cc1cscn1. The van der Waals surface area contributed by atoms with Crippen molar-refractivity contribution in [2.45, 2.75) is 38.1 Å². The molecule has 1 fully saturated rings. The first-order valence-electron chi connectivity index (χ1n) is 6.56. The Kier molecular flexibility index (Phi) is 3.76. The largest absolute Gasteiger partial charge is 0.329 e. The summed E-state index contributed by atoms with van der Waals surface area (Å²) in [7, 11) is 0. The van der Waals surface area contributed by atoms with Crippen LogP contribution in [0.15, 0.2) is 20.5 Å². The zero-order valence-electron chi connectivity index (χ0n) is 10.8. The minimum absolute atomic E-state index is 0.161. The van der Waals surface area contributed by atoms with Crippen molar-refractivity contribution in [2.24, 2.45) is 0 Å². The molecule has 7 heteroatoms. The van der Waals surface area contributed by atoms with E-state index in [1.165, 1.54) is 15.9 Å². The third-order valence-electron chi connectivity index (χ3n) is 3.74. The van der Waals surface area contributed by atoms with E-state index in [0.717, 1.165) is 25.7 Å². The summed E-state index contributed by atoms with van der Waals surface area (Å²) in [5.41, 5.74) is 2.19. The van der Waals surface area contributed by atoms with Gasteiger partial charge in [-0.3, -0.25) is 14.3 Å². The van der Waals surface area contributed by atoms with Gasteiger partial charge in [0.05, 0.1) is 23.3 Å². The number of halogens is 1. The Balaban J connectivity index is 2.08. The Morgan fingerprint density at radius 2 is 2.15 bits per heavy atom. The van der Waals surface area contributed by atoms with E-state index in [0.29, 0.717) is 11.3 Å². The average Bonchev–Trinajstić information content (AvgIpc) is 3.07. The van der Waals surface area contributed by atoms with Gasteiger partial charge < -0.3 is 0 Å². The summed E-state index contributed by atoms with van der Waals surface area (Å²) in [6.45, 7) is 0.189. The maximum Gasteiger partial charge on any atom is 0.329 e. The molecule has 2 aromatic rings. The first-order valence-corrected chi connectivity index (χ1v) is 7.88. The van der Waals surface area contributed by atoms with E-state index in [4.69, 9.17) is 11.6 Å². The fourth-order valence-electron chi connectivity index (χ4n) is 2.75. The van der Waals surface area contributed by atoms with Gasteiger partial charge in [-0.25, -0.2) is 9.78 Å². The third kappa shape index (κ3) is 2.45. The molecule has 0 spiro atoms. The lowest BCUT2D eigenvalue weighted by atomic mass is 10.0. The van der Waals surface area contributed by atoms with Crippen molar-refractivity contribution in [3.63, 3.8) is 0 Å². The monoisotopic (exact) mass is 311 g/mol. The van der Waals surface area contributed by atoms with Crippen molar-refractivity contribution in [1.82, 2.24) is 14.5 Å². The molecule has 0 aromatic carbocycles. The lowest BCUT2D eigenvalue weighted by molar-refractivity contribution is 0.636. The maximum atomic E-state index is 12.6. The summed E-state index contributed by atoms with van der Waals surface area (Å²) in [6.07, 6.45) is 4.12. The smallest absolute Gasteiger partial charge is 0.297 e. The second kappa shape index (κ2) is 5.54. The molecule has 0 aliphatic heterocycles. The van der Waals surface area contributed by atoms with Crippen LogP contribution in [0.5, 0.6) is 0 Å². The Hall–Kier alpha value is -1.40. The number of aromatic amines is 1. The molecule has 1 N–H and O–H groups in total. The molecular formula is C13H14ClN3O2S. The minimum Gasteiger partial charge on any atom is -0.297 e. The van der Waals surface area contributed by atoms with Crippen molar-refractivity contribution < 1.29 is 0 Å². The summed E-state index contributed by atoms with van der Waals surface area (Å²) in [5, 5.41) is 2.02. The molecule has 5 nitrogen and oxygen atoms in total. The second-order valence-electron chi connectivity index (χ2n) is 5.01. The van der Waals surface area contributed by atoms with E-state index >= 15 is 0 Å². The molecule has 106 valence electrons. The van der Waals surface area contributed by atoms with Crippen LogP contribution < -0.4 is 11.2 Å². The number of aromatic nitrogens is 3. The summed E-state index contributed by atoms with van der Waals surface area (Å²) in [5.74, 6) is 0.161. The number of nitrogens with one attached hydrogen (secondary N) is 1. The molecule has 0 radical (unpaired) electrons. The van der Waals surface area contributed by atoms with Crippen molar-refractivity contribution >= 4 is 22.9 Å². The zero-order valence-corrected chi connectivity index (χ0v) is 12.3. The van der Waals surface area contributed by atoms with Crippen LogP contribution in [0, 0.1) is 0 Å². The summed E-state index contributed by atoms with van der Waals surface area (Å²) in [6, 6.07) is 0. The van der Waals surface area contributed by atoms with Crippen molar-refractivity contribution in [3.05, 3.63) is 48.1 Å². The van der Waals surface area contributed by atoms with Crippen LogP contribution in [0.3, 0.4) is 0 Å². The van der Waals surface area contributed by atoms with Crippen molar-refractivity contribution in [2.75, 3.05) is 0 Å². The van der Waals surface area contributed by atoms with Crippen LogP contribution >= 0.6 is 22.9 Å². The lowest BCUT2D eigenvalue weighted by Crippen LogP contribution is -2.38. The normalized spacial score (nSPS) is 15.8. The molecular weight excluding hydrogens is 298 g/mol. The van der Waals surface area contributed by atoms with Crippen molar-refractivity contribution in [1.29, 1.82) is 0 Å². The standard InChI is InChI=1S/C13H14ClN3O2S/c14-11-10(8-3-1-2-4-8)12(18)17(13(19)16-11)5-9-6-20-7-15-9/h6-8H,1-5H2,(H,16,19). The Bertz CT molecular complexity index is 714. The van der Waals surface area contributed by atoms with Gasteiger partial charge in [-0.05, 0) is 18.8 Å². The third-order valence-corrected chi connectivity index (χ3v) is 4.67. The van der Waals surface area contributed by atoms with Crippen LogP contribution in [0.2, 0.25) is 5.15 Å². The van der Waals surface area contributed by atoms with Gasteiger partial charge >= 0.3 is 5.69 Å². The topological polar surface area (TPSA) is 67.8 Å². The van der Waals surface area contributed by atoms with Gasteiger partial charge in [0.15, 0.2) is 0 Å². The predicted molar refractivity (Wildman–Crippen MR) is 78.8 cm³/mol. The summed E-state index contributed by atoms with van der Waals surface area (Å²) in [4.78, 5) is 31.2. The van der Waals surface area contributed by atoms with Crippen LogP contribution in [-0.2, 0) is 6.54 Å². The Morgan fingerprint density at radius 1 is 1.40 bits per heavy atom. The van der Waals surface area contributed by atoms with E-state index in [-0.39, 0.29) is 23.2 Å². The predicted octanol–water partition coefficient (Wildman–Crippen LogP) is 2.35. The van der Waals surface area contributed by atoms with E-state index in [1.54, 1.807) is 5.51 Å². The molecule has 1 saturated carbocycles. The van der Waals surface area contributed by atoms with Crippen LogP contribution in [-0.4, -0.2) is 14.5 Å². The number of hydrogen-bond acceptors (Lipinski definition) is 4. The molecule has 0 saturated heterocycles. The maximum absolute atomic E-state index is 12.6. The highest BCUT2D eigenvalue weighted by Crippen LogP contribution is 2.34. The Labute approximate surface area is 124 Å². The number of rotatable bonds is 3. The van der Waals surface area contributed by atoms with Gasteiger partial charge in [0.25, 0.3) is 5.56 Å². The minimum atomic E-state index is -0.477. The van der Waals surface area contributed by atoms with Crippen LogP contribution in [0.1, 0.15) is 42.9 Å². The van der Waals surface area contributed by atoms with Crippen LogP contribution in [0.4, 0.5) is 0 Å². The number of hydrogen-bond donors (Lipinski definition) is 1. The second-order valence-corrected chi connectivity index (χ2v) is 6.11. The number of thiazole rings is 1. The van der Waals surface area contributed by atoms with E-state index < -0.39 is 5.69 Å². The summed E-state index contributed by atoms with van der Waals surface area (Å²) < 4.78 is 1.19. The molecule has 0 amide bonds. The lowest BCUT2D eigenvalue weighted by Gasteiger charge is -2.12. The van der Waals surface area contributed by atoms with E-state index in [1.807, 2.05) is 5.38 Å². The van der Waals surface area contributed by atoms with Gasteiger partial charge in [0.2, 0.25) is 0 Å². The van der Waals surface area contributed by atoms with Gasteiger partial charge in [0, 0.05) is 5.38 Å². The van der Waals surface area contributed by atoms with E-state index in [2.05, 4.69) is 9.97 Å². The van der Waals surface area contributed by atoms with Gasteiger partial charge in [0.1, 0.15) is 5.15 Å². The molecule has 20 heavy (non-hydrogen) atoms. The fourth-order valence-corrected chi connectivity index (χ4v) is 3.62. The molecule has 2 heterocycles. The molecule has 0 atom stereocenters. The van der Waals surface area contributed by atoms with Crippen LogP contribution in [0.25, 0.3) is 0 Å². The average molecular weight is 312 g/mol. The fraction of sp³-hybridized carbons (Fsp3) is 0.462. The van der Waals surface area contributed by atoms with Gasteiger partial charge in [-0.1, -0.05) is 24.4 Å². The van der Waals surface area contributed by atoms with Crippen molar-refractivity contribution in [3.8, 4) is 0 Å². The van der Waals surface area contributed by atoms with E-state index in [9.17, 15) is 9.59 Å². The number of nitrogens with zero attached hydrogens (tertiary/aromatic N) is 2. The summed E-state index contributed by atoms with van der Waals surface area (Å²) >= 11 is 7.52. The molecule has 1 aliphatic rings. The first-order chi connectivity index (χ1) is 9.66. The molecule has 2 aromatic heterocycles. The molecule has 3 rings (SSSR count). The highest BCUT2D eigenvalue weighted by atomic mass is 35.5. The van der Waals surface area contributed by atoms with Gasteiger partial charge in [-0.15, -0.1) is 11.3 Å². The quantitative estimate of drug-likeness (QED) is 0.885. The zero-order chi connectivity index (χ0) is 14.1. The van der Waals surface area contributed by atoms with Gasteiger partial charge in [-0.2, -0.15) is 0 Å². The highest BCUT2D eigenvalue weighted by Gasteiger charge is 2.25.